The summed E-state index contributed by atoms with van der Waals surface area (Å²) in [7, 11) is 0. The van der Waals surface area contributed by atoms with E-state index >= 15 is 0 Å². The number of aromatic carboxylic acids is 1. The van der Waals surface area contributed by atoms with Crippen LogP contribution in [-0.2, 0) is 6.42 Å². The molecule has 0 fully saturated rings. The first-order chi connectivity index (χ1) is 7.32. The molecule has 0 unspecified atom stereocenters. The third kappa shape index (κ3) is 1.63. The molecule has 1 aromatic rings. The minimum absolute atomic E-state index is 0.0695. The van der Waals surface area contributed by atoms with Crippen molar-refractivity contribution in [1.82, 2.24) is 0 Å². The van der Waals surface area contributed by atoms with E-state index in [1.807, 2.05) is 13.8 Å². The van der Waals surface area contributed by atoms with Crippen LogP contribution in [0.4, 0.5) is 0 Å². The van der Waals surface area contributed by atoms with Crippen molar-refractivity contribution in [3.05, 3.63) is 22.6 Å². The molecule has 2 rings (SSSR count). The Labute approximate surface area is 93.9 Å². The second kappa shape index (κ2) is 3.35. The predicted octanol–water partition coefficient (Wildman–Crippen LogP) is 0.957. The van der Waals surface area contributed by atoms with E-state index < -0.39 is 12.1 Å². The zero-order chi connectivity index (χ0) is 12.1. The van der Waals surface area contributed by atoms with Gasteiger partial charge in [0, 0.05) is 17.5 Å². The van der Waals surface area contributed by atoms with Gasteiger partial charge in [-0.25, -0.2) is 0 Å². The molecule has 1 aromatic heterocycles. The number of carbonyl (C=O) groups excluding carboxylic acids is 1. The van der Waals surface area contributed by atoms with Crippen LogP contribution in [-0.4, -0.2) is 11.1 Å². The number of hydrogen-bond acceptors (Lipinski definition) is 4. The molecule has 1 N–H and O–H groups in total. The van der Waals surface area contributed by atoms with Gasteiger partial charge in [-0.15, -0.1) is 0 Å². The van der Waals surface area contributed by atoms with Gasteiger partial charge in [0.05, 0.1) is 6.10 Å². The Morgan fingerprint density at radius 1 is 1.56 bits per heavy atom. The van der Waals surface area contributed by atoms with Crippen LogP contribution >= 0.6 is 0 Å². The topological polar surface area (TPSA) is 73.5 Å². The summed E-state index contributed by atoms with van der Waals surface area (Å²) in [5.74, 6) is -0.890. The van der Waals surface area contributed by atoms with Crippen LogP contribution in [0.3, 0.4) is 0 Å². The minimum Gasteiger partial charge on any atom is -0.542 e. The maximum atomic E-state index is 10.8. The lowest BCUT2D eigenvalue weighted by Gasteiger charge is -2.32. The van der Waals surface area contributed by atoms with Crippen LogP contribution < -0.4 is 5.11 Å². The third-order valence-corrected chi connectivity index (χ3v) is 3.17. The molecule has 1 heterocycles. The Balaban J connectivity index is 2.54. The summed E-state index contributed by atoms with van der Waals surface area (Å²) in [5.41, 5.74) is 1.07. The highest BCUT2D eigenvalue weighted by atomic mass is 16.4. The molecule has 0 spiro atoms. The second-order valence-corrected chi connectivity index (χ2v) is 5.24. The summed E-state index contributed by atoms with van der Waals surface area (Å²) in [6.45, 7) is 5.69. The summed E-state index contributed by atoms with van der Waals surface area (Å²) < 4.78 is 5.28. The molecule has 0 aromatic carbocycles. The Morgan fingerprint density at radius 2 is 2.19 bits per heavy atom. The van der Waals surface area contributed by atoms with E-state index in [-0.39, 0.29) is 11.2 Å². The van der Waals surface area contributed by atoms with E-state index in [9.17, 15) is 15.0 Å². The summed E-state index contributed by atoms with van der Waals surface area (Å²) >= 11 is 0. The van der Waals surface area contributed by atoms with Gasteiger partial charge in [-0.05, 0) is 18.8 Å². The highest BCUT2D eigenvalue weighted by molar-refractivity contribution is 5.85. The van der Waals surface area contributed by atoms with Gasteiger partial charge in [0.2, 0.25) is 0 Å². The van der Waals surface area contributed by atoms with Crippen molar-refractivity contribution in [2.75, 3.05) is 0 Å². The lowest BCUT2D eigenvalue weighted by atomic mass is 9.75. The molecule has 1 aliphatic rings. The van der Waals surface area contributed by atoms with E-state index in [2.05, 4.69) is 0 Å². The molecule has 4 nitrogen and oxygen atoms in total. The molecule has 0 amide bonds. The largest absolute Gasteiger partial charge is 0.542 e. The zero-order valence-corrected chi connectivity index (χ0v) is 9.66. The van der Waals surface area contributed by atoms with E-state index in [0.717, 1.165) is 0 Å². The molecule has 0 bridgehead atoms. The van der Waals surface area contributed by atoms with Crippen LogP contribution in [0.5, 0.6) is 0 Å². The fourth-order valence-corrected chi connectivity index (χ4v) is 2.48. The van der Waals surface area contributed by atoms with Crippen LogP contribution in [0.15, 0.2) is 4.42 Å². The number of aliphatic hydroxyl groups is 1. The minimum atomic E-state index is -1.32. The van der Waals surface area contributed by atoms with Crippen LogP contribution in [0.2, 0.25) is 0 Å². The Bertz CT molecular complexity index is 442. The van der Waals surface area contributed by atoms with Gasteiger partial charge in [0.25, 0.3) is 0 Å². The third-order valence-electron chi connectivity index (χ3n) is 3.17. The molecule has 0 saturated carbocycles. The van der Waals surface area contributed by atoms with Crippen molar-refractivity contribution in [3.8, 4) is 0 Å². The summed E-state index contributed by atoms with van der Waals surface area (Å²) in [6, 6.07) is 0. The molecular formula is C12H15O4-. The average molecular weight is 223 g/mol. The van der Waals surface area contributed by atoms with Crippen LogP contribution in [0.1, 0.15) is 53.8 Å². The average Bonchev–Trinajstić information content (AvgIpc) is 2.40. The fraction of sp³-hybridized carbons (Fsp3) is 0.583. The first kappa shape index (κ1) is 11.2. The number of carbonyl (C=O) groups is 1. The number of rotatable bonds is 1. The number of fused-ring (bicyclic) bond motifs is 1. The highest BCUT2D eigenvalue weighted by Crippen LogP contribution is 2.43. The monoisotopic (exact) mass is 223 g/mol. The summed E-state index contributed by atoms with van der Waals surface area (Å²) in [4.78, 5) is 10.8. The standard InChI is InChI=1S/C12H16O4/c1-6-9-7(13)4-12(2,3)5-8(9)16-10(6)11(14)15/h7,13H,4-5H2,1-3H3,(H,14,15)/p-1/t7-/m0/s1. The van der Waals surface area contributed by atoms with Crippen molar-refractivity contribution in [3.63, 3.8) is 0 Å². The van der Waals surface area contributed by atoms with Gasteiger partial charge in [-0.2, -0.15) is 0 Å². The first-order valence-corrected chi connectivity index (χ1v) is 5.33. The van der Waals surface area contributed by atoms with Gasteiger partial charge < -0.3 is 19.4 Å². The van der Waals surface area contributed by atoms with Crippen molar-refractivity contribution < 1.29 is 19.4 Å². The number of carboxylic acids is 1. The Hall–Kier alpha value is -1.29. The van der Waals surface area contributed by atoms with Crippen molar-refractivity contribution in [2.24, 2.45) is 5.41 Å². The van der Waals surface area contributed by atoms with Gasteiger partial charge in [-0.1, -0.05) is 13.8 Å². The van der Waals surface area contributed by atoms with E-state index in [1.165, 1.54) is 0 Å². The number of hydrogen-bond donors (Lipinski definition) is 1. The number of carboxylic acid groups (broad SMARTS) is 1. The number of aliphatic hydroxyl groups excluding tert-OH is 1. The highest BCUT2D eigenvalue weighted by Gasteiger charge is 2.36. The Morgan fingerprint density at radius 3 is 2.75 bits per heavy atom. The molecular weight excluding hydrogens is 208 g/mol. The van der Waals surface area contributed by atoms with Gasteiger partial charge in [0.15, 0.2) is 5.76 Å². The molecule has 0 saturated heterocycles. The molecule has 88 valence electrons. The van der Waals surface area contributed by atoms with E-state index in [4.69, 9.17) is 4.42 Å². The fourth-order valence-electron chi connectivity index (χ4n) is 2.48. The van der Waals surface area contributed by atoms with Gasteiger partial charge in [-0.3, -0.25) is 0 Å². The normalized spacial score (nSPS) is 22.9. The zero-order valence-electron chi connectivity index (χ0n) is 9.66. The summed E-state index contributed by atoms with van der Waals surface area (Å²) in [5, 5.41) is 20.8. The molecule has 16 heavy (non-hydrogen) atoms. The SMILES string of the molecule is Cc1c(C(=O)[O-])oc2c1[C@@H](O)CC(C)(C)C2. The van der Waals surface area contributed by atoms with Crippen LogP contribution in [0, 0.1) is 12.3 Å². The van der Waals surface area contributed by atoms with Gasteiger partial charge in [0.1, 0.15) is 11.7 Å². The molecule has 1 aliphatic carbocycles. The summed E-state index contributed by atoms with van der Waals surface area (Å²) in [6.07, 6.45) is 0.621. The quantitative estimate of drug-likeness (QED) is 0.769. The first-order valence-electron chi connectivity index (χ1n) is 5.33. The second-order valence-electron chi connectivity index (χ2n) is 5.24. The maximum absolute atomic E-state index is 10.8. The van der Waals surface area contributed by atoms with Gasteiger partial charge >= 0.3 is 0 Å². The van der Waals surface area contributed by atoms with Crippen molar-refractivity contribution in [1.29, 1.82) is 0 Å². The van der Waals surface area contributed by atoms with E-state index in [0.29, 0.717) is 29.7 Å². The molecule has 4 heteroatoms. The van der Waals surface area contributed by atoms with Crippen molar-refractivity contribution in [2.45, 2.75) is 39.7 Å². The molecule has 1 atom stereocenters. The maximum Gasteiger partial charge on any atom is 0.153 e. The molecule has 0 radical (unpaired) electrons. The predicted molar refractivity (Wildman–Crippen MR) is 54.8 cm³/mol. The van der Waals surface area contributed by atoms with Crippen molar-refractivity contribution >= 4 is 5.97 Å². The Kier molecular flexibility index (Phi) is 2.35. The number of furan rings is 1. The van der Waals surface area contributed by atoms with E-state index in [1.54, 1.807) is 6.92 Å². The smallest absolute Gasteiger partial charge is 0.153 e. The lowest BCUT2D eigenvalue weighted by molar-refractivity contribution is -0.257. The van der Waals surface area contributed by atoms with Crippen LogP contribution in [0.25, 0.3) is 0 Å². The molecule has 0 aliphatic heterocycles. The lowest BCUT2D eigenvalue weighted by Crippen LogP contribution is -2.25.